The van der Waals surface area contributed by atoms with Crippen molar-refractivity contribution in [1.29, 1.82) is 0 Å². The normalized spacial score (nSPS) is 27.2. The highest BCUT2D eigenvalue weighted by atomic mass is 16.5. The van der Waals surface area contributed by atoms with Crippen molar-refractivity contribution >= 4 is 0 Å². The lowest BCUT2D eigenvalue weighted by Gasteiger charge is -2.52. The largest absolute Gasteiger partial charge is 0.378 e. The fourth-order valence-electron chi connectivity index (χ4n) is 2.71. The zero-order valence-corrected chi connectivity index (χ0v) is 11.3. The van der Waals surface area contributed by atoms with Crippen LogP contribution in [0, 0.1) is 0 Å². The fraction of sp³-hybridized carbons (Fsp3) is 0.643. The van der Waals surface area contributed by atoms with Crippen molar-refractivity contribution in [2.45, 2.75) is 38.0 Å². The van der Waals surface area contributed by atoms with Crippen LogP contribution in [0.25, 0.3) is 0 Å². The highest BCUT2D eigenvalue weighted by molar-refractivity contribution is 5.12. The Labute approximate surface area is 109 Å². The zero-order chi connectivity index (χ0) is 13.0. The second-order valence-electron chi connectivity index (χ2n) is 5.13. The van der Waals surface area contributed by atoms with Gasteiger partial charge in [0, 0.05) is 37.6 Å². The molecule has 0 amide bonds. The van der Waals surface area contributed by atoms with Crippen LogP contribution in [-0.4, -0.2) is 41.7 Å². The summed E-state index contributed by atoms with van der Waals surface area (Å²) in [4.78, 5) is 6.40. The molecular weight excluding hydrogens is 226 g/mol. The summed E-state index contributed by atoms with van der Waals surface area (Å²) < 4.78 is 5.64. The van der Waals surface area contributed by atoms with Crippen molar-refractivity contribution in [2.24, 2.45) is 5.73 Å². The summed E-state index contributed by atoms with van der Waals surface area (Å²) in [5.41, 5.74) is 7.36. The van der Waals surface area contributed by atoms with Gasteiger partial charge in [0.2, 0.25) is 0 Å². The van der Waals surface area contributed by atoms with E-state index in [-0.39, 0.29) is 5.54 Å². The van der Waals surface area contributed by atoms with E-state index in [0.717, 1.165) is 26.0 Å². The van der Waals surface area contributed by atoms with Crippen LogP contribution in [0.1, 0.15) is 25.3 Å². The third kappa shape index (κ3) is 2.71. The highest BCUT2D eigenvalue weighted by Crippen LogP contribution is 2.39. The number of hydrogen-bond donors (Lipinski definition) is 1. The number of nitrogens with zero attached hydrogens (tertiary/aromatic N) is 2. The molecule has 0 atom stereocenters. The maximum atomic E-state index is 5.97. The molecule has 2 rings (SSSR count). The Kier molecular flexibility index (Phi) is 4.32. The van der Waals surface area contributed by atoms with Gasteiger partial charge in [-0.25, -0.2) is 0 Å². The van der Waals surface area contributed by atoms with Crippen molar-refractivity contribution in [2.75, 3.05) is 20.2 Å². The summed E-state index contributed by atoms with van der Waals surface area (Å²) in [6.45, 7) is 4.44. The monoisotopic (exact) mass is 249 g/mol. The first-order valence-corrected chi connectivity index (χ1v) is 6.62. The molecule has 0 spiro atoms. The lowest BCUT2D eigenvalue weighted by molar-refractivity contribution is -0.0947. The van der Waals surface area contributed by atoms with Gasteiger partial charge in [0.15, 0.2) is 0 Å². The van der Waals surface area contributed by atoms with E-state index in [2.05, 4.69) is 29.1 Å². The van der Waals surface area contributed by atoms with Gasteiger partial charge in [0.1, 0.15) is 0 Å². The van der Waals surface area contributed by atoms with E-state index in [1.165, 1.54) is 5.56 Å². The second-order valence-corrected chi connectivity index (χ2v) is 5.13. The average molecular weight is 249 g/mol. The molecule has 1 aliphatic carbocycles. The molecule has 0 radical (unpaired) electrons. The summed E-state index contributed by atoms with van der Waals surface area (Å²) in [6.07, 6.45) is 6.14. The van der Waals surface area contributed by atoms with Gasteiger partial charge in [-0.15, -0.1) is 0 Å². The third-order valence-corrected chi connectivity index (χ3v) is 3.98. The van der Waals surface area contributed by atoms with Crippen LogP contribution in [-0.2, 0) is 11.3 Å². The van der Waals surface area contributed by atoms with E-state index in [1.54, 1.807) is 0 Å². The minimum Gasteiger partial charge on any atom is -0.378 e. The van der Waals surface area contributed by atoms with Gasteiger partial charge in [-0.1, -0.05) is 0 Å². The summed E-state index contributed by atoms with van der Waals surface area (Å²) in [5.74, 6) is 0. The lowest BCUT2D eigenvalue weighted by atomic mass is 9.73. The topological polar surface area (TPSA) is 51.4 Å². The highest BCUT2D eigenvalue weighted by Gasteiger charge is 2.46. The van der Waals surface area contributed by atoms with Gasteiger partial charge in [0.25, 0.3) is 0 Å². The number of likely N-dealkylation sites (N-methyl/N-ethyl adjacent to an activating group) is 1. The van der Waals surface area contributed by atoms with Crippen LogP contribution < -0.4 is 5.73 Å². The molecule has 4 nitrogen and oxygen atoms in total. The molecule has 18 heavy (non-hydrogen) atoms. The Balaban J connectivity index is 1.93. The number of hydrogen-bond acceptors (Lipinski definition) is 4. The maximum absolute atomic E-state index is 5.97. The Morgan fingerprint density at radius 3 is 2.67 bits per heavy atom. The fourth-order valence-corrected chi connectivity index (χ4v) is 2.71. The summed E-state index contributed by atoms with van der Waals surface area (Å²) in [6, 6.07) is 4.11. The molecule has 2 N–H and O–H groups in total. The molecule has 1 fully saturated rings. The lowest BCUT2D eigenvalue weighted by Crippen LogP contribution is -2.62. The third-order valence-electron chi connectivity index (χ3n) is 3.98. The van der Waals surface area contributed by atoms with E-state index in [0.29, 0.717) is 12.6 Å². The molecule has 0 aromatic carbocycles. The van der Waals surface area contributed by atoms with E-state index in [4.69, 9.17) is 10.5 Å². The average Bonchev–Trinajstić information content (AvgIpc) is 2.34. The van der Waals surface area contributed by atoms with Gasteiger partial charge in [-0.2, -0.15) is 0 Å². The smallest absolute Gasteiger partial charge is 0.0611 e. The van der Waals surface area contributed by atoms with Gasteiger partial charge in [-0.05, 0) is 44.5 Å². The quantitative estimate of drug-likeness (QED) is 0.828. The molecule has 1 aromatic rings. The minimum atomic E-state index is 0.114. The molecule has 4 heteroatoms. The van der Waals surface area contributed by atoms with E-state index >= 15 is 0 Å². The van der Waals surface area contributed by atoms with Gasteiger partial charge < -0.3 is 10.5 Å². The van der Waals surface area contributed by atoms with Crippen molar-refractivity contribution in [3.8, 4) is 0 Å². The second kappa shape index (κ2) is 5.78. The van der Waals surface area contributed by atoms with Crippen molar-refractivity contribution in [3.05, 3.63) is 30.1 Å². The molecule has 1 aliphatic rings. The number of pyridine rings is 1. The van der Waals surface area contributed by atoms with Crippen LogP contribution >= 0.6 is 0 Å². The SMILES string of the molecule is CCOC1CC(CN)(N(C)Cc2ccncc2)C1. The first-order valence-electron chi connectivity index (χ1n) is 6.62. The number of nitrogens with two attached hydrogens (primary N) is 1. The molecule has 0 saturated heterocycles. The van der Waals surface area contributed by atoms with Crippen LogP contribution in [0.15, 0.2) is 24.5 Å². The maximum Gasteiger partial charge on any atom is 0.0611 e. The Morgan fingerprint density at radius 2 is 2.11 bits per heavy atom. The molecular formula is C14H23N3O. The number of ether oxygens (including phenoxy) is 1. The molecule has 0 aliphatic heterocycles. The predicted octanol–water partition coefficient (Wildman–Crippen LogP) is 1.41. The van der Waals surface area contributed by atoms with Crippen LogP contribution in [0.3, 0.4) is 0 Å². The molecule has 0 bridgehead atoms. The molecule has 0 unspecified atom stereocenters. The molecule has 100 valence electrons. The summed E-state index contributed by atoms with van der Waals surface area (Å²) in [5, 5.41) is 0. The first kappa shape index (κ1) is 13.5. The Bertz CT molecular complexity index is 363. The van der Waals surface area contributed by atoms with Crippen molar-refractivity contribution in [3.63, 3.8) is 0 Å². The van der Waals surface area contributed by atoms with Gasteiger partial charge in [-0.3, -0.25) is 9.88 Å². The number of rotatable bonds is 6. The minimum absolute atomic E-state index is 0.114. The Hall–Kier alpha value is -0.970. The van der Waals surface area contributed by atoms with Crippen molar-refractivity contribution in [1.82, 2.24) is 9.88 Å². The molecule has 1 heterocycles. The first-order chi connectivity index (χ1) is 8.70. The number of aromatic nitrogens is 1. The van der Waals surface area contributed by atoms with Crippen molar-refractivity contribution < 1.29 is 4.74 Å². The van der Waals surface area contributed by atoms with Crippen LogP contribution in [0.4, 0.5) is 0 Å². The van der Waals surface area contributed by atoms with E-state index < -0.39 is 0 Å². The van der Waals surface area contributed by atoms with Crippen LogP contribution in [0.5, 0.6) is 0 Å². The summed E-state index contributed by atoms with van der Waals surface area (Å²) in [7, 11) is 2.15. The van der Waals surface area contributed by atoms with E-state index in [1.807, 2.05) is 19.3 Å². The van der Waals surface area contributed by atoms with Gasteiger partial charge in [0.05, 0.1) is 6.10 Å². The molecule has 1 saturated carbocycles. The summed E-state index contributed by atoms with van der Waals surface area (Å²) >= 11 is 0. The van der Waals surface area contributed by atoms with E-state index in [9.17, 15) is 0 Å². The van der Waals surface area contributed by atoms with Crippen LogP contribution in [0.2, 0.25) is 0 Å². The predicted molar refractivity (Wildman–Crippen MR) is 72.1 cm³/mol. The zero-order valence-electron chi connectivity index (χ0n) is 11.3. The Morgan fingerprint density at radius 1 is 1.44 bits per heavy atom. The van der Waals surface area contributed by atoms with Gasteiger partial charge >= 0.3 is 0 Å². The molecule has 1 aromatic heterocycles. The standard InChI is InChI=1S/C14H23N3O/c1-3-18-13-8-14(9-13,11-15)17(2)10-12-4-6-16-7-5-12/h4-7,13H,3,8-11,15H2,1-2H3.